The third kappa shape index (κ3) is 1.92. The average molecular weight is 217 g/mol. The van der Waals surface area contributed by atoms with Crippen LogP contribution in [-0.2, 0) is 11.3 Å². The molecular formula is C9H9F2NOS. The van der Waals surface area contributed by atoms with Gasteiger partial charge in [0.2, 0.25) is 5.91 Å². The summed E-state index contributed by atoms with van der Waals surface area (Å²) in [5.74, 6) is -4.40. The summed E-state index contributed by atoms with van der Waals surface area (Å²) in [6.45, 7) is 0.350. The number of carbonyl (C=O) groups is 1. The zero-order chi connectivity index (χ0) is 10.2. The molecule has 1 saturated carbocycles. The minimum absolute atomic E-state index is 0.302. The second-order valence-corrected chi connectivity index (χ2v) is 4.35. The van der Waals surface area contributed by atoms with Gasteiger partial charge in [0.25, 0.3) is 5.92 Å². The van der Waals surface area contributed by atoms with Crippen LogP contribution >= 0.6 is 11.3 Å². The van der Waals surface area contributed by atoms with E-state index in [0.717, 1.165) is 4.88 Å². The summed E-state index contributed by atoms with van der Waals surface area (Å²) in [4.78, 5) is 12.1. The molecular weight excluding hydrogens is 208 g/mol. The monoisotopic (exact) mass is 217 g/mol. The Morgan fingerprint density at radius 1 is 1.71 bits per heavy atom. The highest BCUT2D eigenvalue weighted by Gasteiger charge is 2.61. The fraction of sp³-hybridized carbons (Fsp3) is 0.444. The Balaban J connectivity index is 1.80. The molecule has 1 unspecified atom stereocenters. The first-order chi connectivity index (χ1) is 6.59. The van der Waals surface area contributed by atoms with E-state index in [0.29, 0.717) is 6.54 Å². The van der Waals surface area contributed by atoms with Crippen LogP contribution < -0.4 is 5.32 Å². The van der Waals surface area contributed by atoms with Crippen molar-refractivity contribution in [2.45, 2.75) is 18.9 Å². The predicted octanol–water partition coefficient (Wildman–Crippen LogP) is 2.02. The Labute approximate surface area is 83.9 Å². The minimum Gasteiger partial charge on any atom is -0.351 e. The second-order valence-electron chi connectivity index (χ2n) is 3.31. The number of hydrogen-bond donors (Lipinski definition) is 1. The van der Waals surface area contributed by atoms with Crippen molar-refractivity contribution in [3.8, 4) is 0 Å². The standard InChI is InChI=1S/C9H9F2NOS/c10-9(11)4-7(9)8(13)12-5-6-2-1-3-14-6/h1-3,7H,4-5H2,(H,12,13). The quantitative estimate of drug-likeness (QED) is 0.824. The summed E-state index contributed by atoms with van der Waals surface area (Å²) in [6.07, 6.45) is -0.302. The van der Waals surface area contributed by atoms with E-state index in [4.69, 9.17) is 0 Å². The maximum atomic E-state index is 12.5. The first kappa shape index (κ1) is 9.58. The summed E-state index contributed by atoms with van der Waals surface area (Å²) < 4.78 is 24.9. The fourth-order valence-corrected chi connectivity index (χ4v) is 1.85. The Morgan fingerprint density at radius 2 is 2.43 bits per heavy atom. The van der Waals surface area contributed by atoms with E-state index in [1.165, 1.54) is 11.3 Å². The summed E-state index contributed by atoms with van der Waals surface area (Å²) in [5, 5.41) is 4.38. The van der Waals surface area contributed by atoms with Crippen molar-refractivity contribution in [3.63, 3.8) is 0 Å². The van der Waals surface area contributed by atoms with Gasteiger partial charge in [-0.25, -0.2) is 8.78 Å². The number of rotatable bonds is 3. The molecule has 1 heterocycles. The maximum absolute atomic E-state index is 12.5. The fourth-order valence-electron chi connectivity index (χ4n) is 1.21. The normalized spacial score (nSPS) is 23.1. The molecule has 1 aliphatic rings. The topological polar surface area (TPSA) is 29.1 Å². The highest BCUT2D eigenvalue weighted by Crippen LogP contribution is 2.48. The zero-order valence-corrected chi connectivity index (χ0v) is 8.11. The molecule has 2 nitrogen and oxygen atoms in total. The summed E-state index contributed by atoms with van der Waals surface area (Å²) in [7, 11) is 0. The van der Waals surface area contributed by atoms with Crippen molar-refractivity contribution in [1.29, 1.82) is 0 Å². The largest absolute Gasteiger partial charge is 0.351 e. The van der Waals surface area contributed by atoms with Gasteiger partial charge in [0, 0.05) is 11.3 Å². The molecule has 5 heteroatoms. The molecule has 1 amide bonds. The third-order valence-electron chi connectivity index (χ3n) is 2.16. The van der Waals surface area contributed by atoms with Gasteiger partial charge in [-0.05, 0) is 11.4 Å². The molecule has 0 aliphatic heterocycles. The number of hydrogen-bond acceptors (Lipinski definition) is 2. The van der Waals surface area contributed by atoms with Gasteiger partial charge in [-0.3, -0.25) is 4.79 Å². The maximum Gasteiger partial charge on any atom is 0.260 e. The Hall–Kier alpha value is -0.970. The molecule has 0 spiro atoms. The number of thiophene rings is 1. The predicted molar refractivity (Wildman–Crippen MR) is 49.2 cm³/mol. The lowest BCUT2D eigenvalue weighted by molar-refractivity contribution is -0.124. The highest BCUT2D eigenvalue weighted by molar-refractivity contribution is 7.09. The van der Waals surface area contributed by atoms with Crippen molar-refractivity contribution in [3.05, 3.63) is 22.4 Å². The first-order valence-electron chi connectivity index (χ1n) is 4.27. The van der Waals surface area contributed by atoms with E-state index in [1.54, 1.807) is 0 Å². The lowest BCUT2D eigenvalue weighted by Gasteiger charge is -2.01. The van der Waals surface area contributed by atoms with Crippen LogP contribution in [-0.4, -0.2) is 11.8 Å². The van der Waals surface area contributed by atoms with Crippen LogP contribution in [0.4, 0.5) is 8.78 Å². The second kappa shape index (κ2) is 3.31. The first-order valence-corrected chi connectivity index (χ1v) is 5.15. The summed E-state index contributed by atoms with van der Waals surface area (Å²) in [6, 6.07) is 3.72. The molecule has 1 aromatic rings. The lowest BCUT2D eigenvalue weighted by atomic mass is 10.3. The summed E-state index contributed by atoms with van der Waals surface area (Å²) >= 11 is 1.49. The van der Waals surface area contributed by atoms with Gasteiger partial charge in [-0.2, -0.15) is 0 Å². The van der Waals surface area contributed by atoms with Gasteiger partial charge < -0.3 is 5.32 Å². The third-order valence-corrected chi connectivity index (χ3v) is 3.04. The van der Waals surface area contributed by atoms with Crippen LogP contribution in [0, 0.1) is 5.92 Å². The van der Waals surface area contributed by atoms with Crippen molar-refractivity contribution < 1.29 is 13.6 Å². The minimum atomic E-state index is -2.76. The number of amides is 1. The van der Waals surface area contributed by atoms with Crippen LogP contribution in [0.3, 0.4) is 0 Å². The van der Waals surface area contributed by atoms with Gasteiger partial charge in [-0.1, -0.05) is 6.07 Å². The van der Waals surface area contributed by atoms with Crippen LogP contribution in [0.25, 0.3) is 0 Å². The van der Waals surface area contributed by atoms with Crippen LogP contribution in [0.1, 0.15) is 11.3 Å². The number of halogens is 2. The molecule has 0 saturated heterocycles. The molecule has 0 bridgehead atoms. The van der Waals surface area contributed by atoms with Gasteiger partial charge in [0.1, 0.15) is 5.92 Å². The van der Waals surface area contributed by atoms with Gasteiger partial charge in [0.05, 0.1) is 6.54 Å². The van der Waals surface area contributed by atoms with Crippen LogP contribution in [0.15, 0.2) is 17.5 Å². The van der Waals surface area contributed by atoms with Crippen LogP contribution in [0.5, 0.6) is 0 Å². The Bertz CT molecular complexity index is 337. The molecule has 2 rings (SSSR count). The molecule has 1 aliphatic carbocycles. The Kier molecular flexibility index (Phi) is 2.26. The van der Waals surface area contributed by atoms with E-state index >= 15 is 0 Å². The molecule has 1 aromatic heterocycles. The number of carbonyl (C=O) groups excluding carboxylic acids is 1. The molecule has 0 radical (unpaired) electrons. The van der Waals surface area contributed by atoms with Crippen molar-refractivity contribution in [1.82, 2.24) is 5.32 Å². The molecule has 1 N–H and O–H groups in total. The number of alkyl halides is 2. The summed E-state index contributed by atoms with van der Waals surface area (Å²) in [5.41, 5.74) is 0. The molecule has 1 fully saturated rings. The van der Waals surface area contributed by atoms with Crippen molar-refractivity contribution in [2.24, 2.45) is 5.92 Å². The average Bonchev–Trinajstić information content (AvgIpc) is 2.61. The van der Waals surface area contributed by atoms with E-state index in [1.807, 2.05) is 17.5 Å². The molecule has 76 valence electrons. The lowest BCUT2D eigenvalue weighted by Crippen LogP contribution is -2.26. The van der Waals surface area contributed by atoms with Crippen molar-refractivity contribution in [2.75, 3.05) is 0 Å². The highest BCUT2D eigenvalue weighted by atomic mass is 32.1. The SMILES string of the molecule is O=C(NCc1cccs1)C1CC1(F)F. The number of nitrogens with one attached hydrogen (secondary N) is 1. The van der Waals surface area contributed by atoms with Crippen LogP contribution in [0.2, 0.25) is 0 Å². The van der Waals surface area contributed by atoms with E-state index < -0.39 is 17.7 Å². The zero-order valence-electron chi connectivity index (χ0n) is 7.30. The Morgan fingerprint density at radius 3 is 2.93 bits per heavy atom. The molecule has 1 atom stereocenters. The van der Waals surface area contributed by atoms with E-state index in [-0.39, 0.29) is 6.42 Å². The van der Waals surface area contributed by atoms with Gasteiger partial charge in [-0.15, -0.1) is 11.3 Å². The molecule has 14 heavy (non-hydrogen) atoms. The van der Waals surface area contributed by atoms with Crippen molar-refractivity contribution >= 4 is 17.2 Å². The van der Waals surface area contributed by atoms with Gasteiger partial charge in [0.15, 0.2) is 0 Å². The molecule has 0 aromatic carbocycles. The smallest absolute Gasteiger partial charge is 0.260 e. The van der Waals surface area contributed by atoms with Gasteiger partial charge >= 0.3 is 0 Å². The van der Waals surface area contributed by atoms with E-state index in [9.17, 15) is 13.6 Å². The van der Waals surface area contributed by atoms with E-state index in [2.05, 4.69) is 5.32 Å².